The maximum absolute atomic E-state index is 12.1. The third kappa shape index (κ3) is 4.56. The summed E-state index contributed by atoms with van der Waals surface area (Å²) in [5.41, 5.74) is 0. The number of nitrogens with one attached hydrogen (secondary N) is 1. The topological polar surface area (TPSA) is 49.4 Å². The molecular weight excluding hydrogens is 236 g/mol. The van der Waals surface area contributed by atoms with Gasteiger partial charge in [0.1, 0.15) is 0 Å². The number of rotatable bonds is 6. The molecule has 0 bridgehead atoms. The molecule has 5 heteroatoms. The lowest BCUT2D eigenvalue weighted by molar-refractivity contribution is 0.239. The highest BCUT2D eigenvalue weighted by Gasteiger charge is 2.29. The molecule has 0 amide bonds. The van der Waals surface area contributed by atoms with Crippen LogP contribution in [0.4, 0.5) is 0 Å². The van der Waals surface area contributed by atoms with Crippen molar-refractivity contribution in [3.05, 3.63) is 0 Å². The van der Waals surface area contributed by atoms with Crippen LogP contribution >= 0.6 is 0 Å². The van der Waals surface area contributed by atoms with Crippen LogP contribution in [0.25, 0.3) is 0 Å². The van der Waals surface area contributed by atoms with Crippen molar-refractivity contribution >= 4 is 10.0 Å². The van der Waals surface area contributed by atoms with Gasteiger partial charge in [-0.3, -0.25) is 0 Å². The maximum Gasteiger partial charge on any atom is 0.215 e. The zero-order chi connectivity index (χ0) is 12.9. The zero-order valence-electron chi connectivity index (χ0n) is 11.3. The van der Waals surface area contributed by atoms with Gasteiger partial charge in [0, 0.05) is 19.6 Å². The van der Waals surface area contributed by atoms with E-state index in [1.165, 1.54) is 6.42 Å². The van der Waals surface area contributed by atoms with E-state index in [1.54, 1.807) is 11.4 Å². The predicted octanol–water partition coefficient (Wildman–Crippen LogP) is 1.44. The van der Waals surface area contributed by atoms with Crippen LogP contribution in [0.1, 0.15) is 39.5 Å². The van der Waals surface area contributed by atoms with Crippen molar-refractivity contribution in [2.45, 2.75) is 45.6 Å². The Morgan fingerprint density at radius 1 is 1.35 bits per heavy atom. The second kappa shape index (κ2) is 6.71. The summed E-state index contributed by atoms with van der Waals surface area (Å²) in [5.74, 6) is 0.863. The SMILES string of the molecule is CCNCCS(=O)(=O)N(C)C1CCCC(C)C1. The third-order valence-corrected chi connectivity index (χ3v) is 5.54. The van der Waals surface area contributed by atoms with E-state index in [0.717, 1.165) is 25.8 Å². The molecule has 0 saturated heterocycles. The molecule has 1 rings (SSSR count). The first-order valence-corrected chi connectivity index (χ1v) is 8.24. The van der Waals surface area contributed by atoms with Gasteiger partial charge in [-0.2, -0.15) is 0 Å². The molecule has 0 aromatic rings. The fourth-order valence-corrected chi connectivity index (χ4v) is 3.82. The maximum atomic E-state index is 12.1. The van der Waals surface area contributed by atoms with E-state index in [0.29, 0.717) is 12.5 Å². The quantitative estimate of drug-likeness (QED) is 0.737. The van der Waals surface area contributed by atoms with Gasteiger partial charge in [0.05, 0.1) is 5.75 Å². The summed E-state index contributed by atoms with van der Waals surface area (Å²) < 4.78 is 25.8. The molecule has 0 heterocycles. The molecular formula is C12H26N2O2S. The molecule has 2 unspecified atom stereocenters. The first-order valence-electron chi connectivity index (χ1n) is 6.63. The van der Waals surface area contributed by atoms with Crippen LogP contribution in [0.5, 0.6) is 0 Å². The average Bonchev–Trinajstić information content (AvgIpc) is 2.28. The molecule has 1 fully saturated rings. The highest BCUT2D eigenvalue weighted by atomic mass is 32.2. The Hall–Kier alpha value is -0.130. The first-order chi connectivity index (χ1) is 7.97. The van der Waals surface area contributed by atoms with Crippen LogP contribution in [0, 0.1) is 5.92 Å². The Labute approximate surface area is 106 Å². The van der Waals surface area contributed by atoms with Crippen LogP contribution < -0.4 is 5.32 Å². The van der Waals surface area contributed by atoms with Crippen LogP contribution in [0.15, 0.2) is 0 Å². The molecule has 1 N–H and O–H groups in total. The number of hydrogen-bond donors (Lipinski definition) is 1. The van der Waals surface area contributed by atoms with Gasteiger partial charge in [0.25, 0.3) is 0 Å². The standard InChI is InChI=1S/C12H26N2O2S/c1-4-13-8-9-17(15,16)14(3)12-7-5-6-11(2)10-12/h11-13H,4-10H2,1-3H3. The Bertz CT molecular complexity index is 316. The summed E-state index contributed by atoms with van der Waals surface area (Å²) in [6.45, 7) is 5.57. The number of hydrogen-bond acceptors (Lipinski definition) is 3. The van der Waals surface area contributed by atoms with E-state index in [2.05, 4.69) is 12.2 Å². The van der Waals surface area contributed by atoms with E-state index >= 15 is 0 Å². The monoisotopic (exact) mass is 262 g/mol. The Balaban J connectivity index is 2.51. The minimum absolute atomic E-state index is 0.211. The van der Waals surface area contributed by atoms with Gasteiger partial charge in [-0.05, 0) is 25.3 Å². The summed E-state index contributed by atoms with van der Waals surface area (Å²) in [7, 11) is -1.34. The van der Waals surface area contributed by atoms with Crippen LogP contribution in [-0.2, 0) is 10.0 Å². The molecule has 1 aliphatic carbocycles. The van der Waals surface area contributed by atoms with Gasteiger partial charge in [0.15, 0.2) is 0 Å². The first kappa shape index (κ1) is 14.9. The number of sulfonamides is 1. The van der Waals surface area contributed by atoms with Crippen molar-refractivity contribution < 1.29 is 8.42 Å². The van der Waals surface area contributed by atoms with Crippen molar-refractivity contribution in [2.24, 2.45) is 5.92 Å². The summed E-state index contributed by atoms with van der Waals surface area (Å²) in [6.07, 6.45) is 4.42. The molecule has 4 nitrogen and oxygen atoms in total. The van der Waals surface area contributed by atoms with Crippen molar-refractivity contribution in [1.82, 2.24) is 9.62 Å². The molecule has 0 aromatic heterocycles. The lowest BCUT2D eigenvalue weighted by Gasteiger charge is -2.33. The fraction of sp³-hybridized carbons (Fsp3) is 1.00. The summed E-state index contributed by atoms with van der Waals surface area (Å²) in [5, 5.41) is 3.07. The van der Waals surface area contributed by atoms with E-state index in [9.17, 15) is 8.42 Å². The van der Waals surface area contributed by atoms with Gasteiger partial charge in [-0.25, -0.2) is 12.7 Å². The van der Waals surface area contributed by atoms with E-state index in [1.807, 2.05) is 6.92 Å². The van der Waals surface area contributed by atoms with Gasteiger partial charge < -0.3 is 5.32 Å². The molecule has 0 spiro atoms. The Morgan fingerprint density at radius 3 is 2.65 bits per heavy atom. The van der Waals surface area contributed by atoms with Gasteiger partial charge in [-0.1, -0.05) is 26.7 Å². The lowest BCUT2D eigenvalue weighted by atomic mass is 9.87. The molecule has 1 saturated carbocycles. The molecule has 102 valence electrons. The molecule has 0 aromatic carbocycles. The van der Waals surface area contributed by atoms with E-state index < -0.39 is 10.0 Å². The van der Waals surface area contributed by atoms with Gasteiger partial charge >= 0.3 is 0 Å². The van der Waals surface area contributed by atoms with E-state index in [4.69, 9.17) is 0 Å². The highest BCUT2D eigenvalue weighted by molar-refractivity contribution is 7.89. The Kier molecular flexibility index (Phi) is 5.89. The summed E-state index contributed by atoms with van der Waals surface area (Å²) >= 11 is 0. The third-order valence-electron chi connectivity index (χ3n) is 3.65. The minimum Gasteiger partial charge on any atom is -0.316 e. The van der Waals surface area contributed by atoms with Crippen molar-refractivity contribution in [3.8, 4) is 0 Å². The lowest BCUT2D eigenvalue weighted by Crippen LogP contribution is -2.42. The predicted molar refractivity (Wildman–Crippen MR) is 71.5 cm³/mol. The molecule has 0 radical (unpaired) electrons. The summed E-state index contributed by atoms with van der Waals surface area (Å²) in [4.78, 5) is 0. The van der Waals surface area contributed by atoms with E-state index in [-0.39, 0.29) is 11.8 Å². The number of nitrogens with zero attached hydrogens (tertiary/aromatic N) is 1. The molecule has 1 aliphatic rings. The van der Waals surface area contributed by atoms with Crippen molar-refractivity contribution in [3.63, 3.8) is 0 Å². The van der Waals surface area contributed by atoms with Gasteiger partial charge in [0.2, 0.25) is 10.0 Å². The second-order valence-corrected chi connectivity index (χ2v) is 7.26. The van der Waals surface area contributed by atoms with Crippen molar-refractivity contribution in [2.75, 3.05) is 25.9 Å². The zero-order valence-corrected chi connectivity index (χ0v) is 12.1. The second-order valence-electron chi connectivity index (χ2n) is 5.11. The van der Waals surface area contributed by atoms with Crippen LogP contribution in [0.2, 0.25) is 0 Å². The fourth-order valence-electron chi connectivity index (χ4n) is 2.48. The Morgan fingerprint density at radius 2 is 2.06 bits per heavy atom. The van der Waals surface area contributed by atoms with Crippen molar-refractivity contribution in [1.29, 1.82) is 0 Å². The normalized spacial score (nSPS) is 26.4. The van der Waals surface area contributed by atoms with Crippen LogP contribution in [-0.4, -0.2) is 44.7 Å². The minimum atomic E-state index is -3.08. The molecule has 2 atom stereocenters. The molecule has 17 heavy (non-hydrogen) atoms. The molecule has 0 aliphatic heterocycles. The summed E-state index contributed by atoms with van der Waals surface area (Å²) in [6, 6.07) is 0.213. The average molecular weight is 262 g/mol. The largest absolute Gasteiger partial charge is 0.316 e. The van der Waals surface area contributed by atoms with Gasteiger partial charge in [-0.15, -0.1) is 0 Å². The smallest absolute Gasteiger partial charge is 0.215 e. The highest BCUT2D eigenvalue weighted by Crippen LogP contribution is 2.27. The van der Waals surface area contributed by atoms with Crippen LogP contribution in [0.3, 0.4) is 0 Å².